The summed E-state index contributed by atoms with van der Waals surface area (Å²) in [4.78, 5) is 14.4. The zero-order valence-corrected chi connectivity index (χ0v) is 17.2. The molecule has 156 valence electrons. The lowest BCUT2D eigenvalue weighted by atomic mass is 9.96. The molecule has 1 heterocycles. The van der Waals surface area contributed by atoms with Gasteiger partial charge < -0.3 is 19.5 Å². The minimum Gasteiger partial charge on any atom is -0.494 e. The van der Waals surface area contributed by atoms with E-state index < -0.39 is 11.4 Å². The van der Waals surface area contributed by atoms with Gasteiger partial charge in [-0.15, -0.1) is 0 Å². The molecule has 0 radical (unpaired) electrons. The van der Waals surface area contributed by atoms with E-state index in [1.807, 2.05) is 32.0 Å². The Bertz CT molecular complexity index is 885. The molecule has 29 heavy (non-hydrogen) atoms. The standard InChI is InChI=1S/C23H28FNO4/c1-16-5-7-19(13-17(16)2)29-15-23(27)9-4-11-25(12-10-23)22(26)18-6-8-21(28-3)20(24)14-18/h5-8,13-14,27H,4,9-12,15H2,1-3H3. The zero-order chi connectivity index (χ0) is 21.0. The van der Waals surface area contributed by atoms with Crippen LogP contribution in [-0.4, -0.2) is 48.3 Å². The Balaban J connectivity index is 1.62. The Labute approximate surface area is 171 Å². The molecule has 3 rings (SSSR count). The van der Waals surface area contributed by atoms with Crippen molar-refractivity contribution in [1.29, 1.82) is 0 Å². The van der Waals surface area contributed by atoms with Crippen molar-refractivity contribution < 1.29 is 23.8 Å². The van der Waals surface area contributed by atoms with Crippen LogP contribution in [0.2, 0.25) is 0 Å². The summed E-state index contributed by atoms with van der Waals surface area (Å²) >= 11 is 0. The molecule has 2 aromatic rings. The molecule has 1 atom stereocenters. The number of aliphatic hydroxyl groups is 1. The predicted octanol–water partition coefficient (Wildman–Crippen LogP) is 3.89. The molecule has 1 amide bonds. The fraction of sp³-hybridized carbons (Fsp3) is 0.435. The summed E-state index contributed by atoms with van der Waals surface area (Å²) in [7, 11) is 1.38. The Morgan fingerprint density at radius 3 is 2.62 bits per heavy atom. The molecule has 0 saturated carbocycles. The number of nitrogens with zero attached hydrogens (tertiary/aromatic N) is 1. The second-order valence-corrected chi connectivity index (χ2v) is 7.75. The van der Waals surface area contributed by atoms with Crippen molar-refractivity contribution in [2.75, 3.05) is 26.8 Å². The summed E-state index contributed by atoms with van der Waals surface area (Å²) in [6.45, 7) is 5.14. The fourth-order valence-electron chi connectivity index (χ4n) is 3.53. The Morgan fingerprint density at radius 2 is 1.93 bits per heavy atom. The maximum atomic E-state index is 13.9. The van der Waals surface area contributed by atoms with Gasteiger partial charge in [-0.1, -0.05) is 6.07 Å². The molecule has 6 heteroatoms. The molecule has 1 aliphatic heterocycles. The van der Waals surface area contributed by atoms with Crippen LogP contribution in [0.1, 0.15) is 40.7 Å². The van der Waals surface area contributed by atoms with E-state index in [0.29, 0.717) is 32.4 Å². The predicted molar refractivity (Wildman–Crippen MR) is 109 cm³/mol. The Morgan fingerprint density at radius 1 is 1.14 bits per heavy atom. The SMILES string of the molecule is COc1ccc(C(=O)N2CCCC(O)(COc3ccc(C)c(C)c3)CC2)cc1F. The van der Waals surface area contributed by atoms with E-state index in [0.717, 1.165) is 11.3 Å². The van der Waals surface area contributed by atoms with Gasteiger partial charge in [0.05, 0.1) is 7.11 Å². The fourth-order valence-corrected chi connectivity index (χ4v) is 3.53. The molecule has 1 aliphatic rings. The molecule has 2 aromatic carbocycles. The van der Waals surface area contributed by atoms with Gasteiger partial charge in [-0.05, 0) is 74.6 Å². The van der Waals surface area contributed by atoms with Crippen LogP contribution in [0.25, 0.3) is 0 Å². The normalized spacial score (nSPS) is 19.6. The van der Waals surface area contributed by atoms with Gasteiger partial charge in [0, 0.05) is 18.7 Å². The van der Waals surface area contributed by atoms with Gasteiger partial charge >= 0.3 is 0 Å². The number of likely N-dealkylation sites (tertiary alicyclic amines) is 1. The molecular formula is C23H28FNO4. The van der Waals surface area contributed by atoms with Crippen molar-refractivity contribution in [3.63, 3.8) is 0 Å². The van der Waals surface area contributed by atoms with Gasteiger partial charge in [-0.3, -0.25) is 4.79 Å². The molecule has 1 unspecified atom stereocenters. The minimum atomic E-state index is -1.00. The number of methoxy groups -OCH3 is 1. The quantitative estimate of drug-likeness (QED) is 0.826. The number of carbonyl (C=O) groups excluding carboxylic acids is 1. The highest BCUT2D eigenvalue weighted by atomic mass is 19.1. The highest BCUT2D eigenvalue weighted by Gasteiger charge is 2.32. The van der Waals surface area contributed by atoms with Gasteiger partial charge in [0.1, 0.15) is 18.0 Å². The van der Waals surface area contributed by atoms with E-state index in [4.69, 9.17) is 9.47 Å². The average molecular weight is 401 g/mol. The molecule has 0 aliphatic carbocycles. The first-order valence-electron chi connectivity index (χ1n) is 9.86. The zero-order valence-electron chi connectivity index (χ0n) is 17.2. The first-order valence-corrected chi connectivity index (χ1v) is 9.86. The molecule has 0 spiro atoms. The number of hydrogen-bond acceptors (Lipinski definition) is 4. The smallest absolute Gasteiger partial charge is 0.253 e. The summed E-state index contributed by atoms with van der Waals surface area (Å²) in [6, 6.07) is 10.1. The summed E-state index contributed by atoms with van der Waals surface area (Å²) in [5, 5.41) is 11.0. The van der Waals surface area contributed by atoms with Gasteiger partial charge in [0.25, 0.3) is 5.91 Å². The molecular weight excluding hydrogens is 373 g/mol. The van der Waals surface area contributed by atoms with Gasteiger partial charge in [0.2, 0.25) is 0 Å². The van der Waals surface area contributed by atoms with Crippen LogP contribution in [0.4, 0.5) is 4.39 Å². The molecule has 0 bridgehead atoms. The van der Waals surface area contributed by atoms with Gasteiger partial charge in [-0.2, -0.15) is 0 Å². The third-order valence-electron chi connectivity index (χ3n) is 5.59. The van der Waals surface area contributed by atoms with Crippen molar-refractivity contribution >= 4 is 5.91 Å². The Hall–Kier alpha value is -2.60. The van der Waals surface area contributed by atoms with Crippen molar-refractivity contribution in [2.45, 2.75) is 38.7 Å². The van der Waals surface area contributed by atoms with E-state index in [2.05, 4.69) is 0 Å². The number of amides is 1. The van der Waals surface area contributed by atoms with Gasteiger partial charge in [-0.25, -0.2) is 4.39 Å². The van der Waals surface area contributed by atoms with Crippen molar-refractivity contribution in [3.05, 3.63) is 58.9 Å². The van der Waals surface area contributed by atoms with Crippen molar-refractivity contribution in [1.82, 2.24) is 4.90 Å². The second kappa shape index (κ2) is 8.82. The average Bonchev–Trinajstić information content (AvgIpc) is 2.90. The molecule has 1 N–H and O–H groups in total. The number of halogens is 1. The summed E-state index contributed by atoms with van der Waals surface area (Å²) in [6.07, 6.45) is 1.60. The summed E-state index contributed by atoms with van der Waals surface area (Å²) < 4.78 is 24.7. The van der Waals surface area contributed by atoms with Crippen molar-refractivity contribution in [2.24, 2.45) is 0 Å². The van der Waals surface area contributed by atoms with Crippen molar-refractivity contribution in [3.8, 4) is 11.5 Å². The van der Waals surface area contributed by atoms with Gasteiger partial charge in [0.15, 0.2) is 11.6 Å². The highest BCUT2D eigenvalue weighted by molar-refractivity contribution is 5.94. The number of benzene rings is 2. The lowest BCUT2D eigenvalue weighted by Crippen LogP contribution is -2.38. The number of hydrogen-bond donors (Lipinski definition) is 1. The number of ether oxygens (including phenoxy) is 2. The van der Waals surface area contributed by atoms with Crippen LogP contribution in [-0.2, 0) is 0 Å². The third kappa shape index (κ3) is 5.07. The summed E-state index contributed by atoms with van der Waals surface area (Å²) in [5.74, 6) is 0.0278. The first-order chi connectivity index (χ1) is 13.8. The first kappa shape index (κ1) is 21.1. The highest BCUT2D eigenvalue weighted by Crippen LogP contribution is 2.26. The maximum absolute atomic E-state index is 13.9. The van der Waals surface area contributed by atoms with E-state index in [1.54, 1.807) is 11.0 Å². The number of aryl methyl sites for hydroxylation is 2. The second-order valence-electron chi connectivity index (χ2n) is 7.75. The third-order valence-corrected chi connectivity index (χ3v) is 5.59. The number of carbonyl (C=O) groups is 1. The summed E-state index contributed by atoms with van der Waals surface area (Å²) in [5.41, 5.74) is 1.60. The van der Waals surface area contributed by atoms with Crippen LogP contribution in [0.15, 0.2) is 36.4 Å². The lowest BCUT2D eigenvalue weighted by Gasteiger charge is -2.27. The van der Waals surface area contributed by atoms with E-state index in [9.17, 15) is 14.3 Å². The number of rotatable bonds is 5. The van der Waals surface area contributed by atoms with E-state index in [-0.39, 0.29) is 23.8 Å². The molecule has 1 fully saturated rings. The van der Waals surface area contributed by atoms with Crippen LogP contribution < -0.4 is 9.47 Å². The van der Waals surface area contributed by atoms with Crippen LogP contribution in [0.3, 0.4) is 0 Å². The lowest BCUT2D eigenvalue weighted by molar-refractivity contribution is -0.0163. The largest absolute Gasteiger partial charge is 0.494 e. The van der Waals surface area contributed by atoms with E-state index in [1.165, 1.54) is 24.8 Å². The molecule has 1 saturated heterocycles. The van der Waals surface area contributed by atoms with Crippen LogP contribution >= 0.6 is 0 Å². The van der Waals surface area contributed by atoms with Crippen LogP contribution in [0, 0.1) is 19.7 Å². The molecule has 5 nitrogen and oxygen atoms in total. The van der Waals surface area contributed by atoms with Crippen LogP contribution in [0.5, 0.6) is 11.5 Å². The van der Waals surface area contributed by atoms with E-state index >= 15 is 0 Å². The molecule has 0 aromatic heterocycles. The Kier molecular flexibility index (Phi) is 6.42. The topological polar surface area (TPSA) is 59.0 Å². The maximum Gasteiger partial charge on any atom is 0.253 e. The minimum absolute atomic E-state index is 0.107. The monoisotopic (exact) mass is 401 g/mol.